The first-order chi connectivity index (χ1) is 9.81. The van der Waals surface area contributed by atoms with E-state index >= 15 is 0 Å². The third-order valence-electron chi connectivity index (χ3n) is 2.81. The number of carbonyl (C=O) groups is 1. The Balaban J connectivity index is 2.37. The normalized spacial score (nSPS) is 11.6. The molecule has 0 atom stereocenters. The standard InChI is InChI=1S/C14H21FN2O3S/c1-11(2)7-9-16-14(18)8-10-17-21(19,20)13-5-3-12(15)4-6-13/h3-6,11,17H,7-10H2,1-2H3,(H,16,18). The average Bonchev–Trinajstić information content (AvgIpc) is 2.38. The lowest BCUT2D eigenvalue weighted by atomic mass is 10.1. The van der Waals surface area contributed by atoms with E-state index in [1.807, 2.05) is 0 Å². The van der Waals surface area contributed by atoms with E-state index in [0.29, 0.717) is 12.5 Å². The summed E-state index contributed by atoms with van der Waals surface area (Å²) in [5.41, 5.74) is 0. The highest BCUT2D eigenvalue weighted by Crippen LogP contribution is 2.09. The second kappa shape index (κ2) is 8.09. The van der Waals surface area contributed by atoms with Crippen LogP contribution >= 0.6 is 0 Å². The van der Waals surface area contributed by atoms with Crippen LogP contribution in [-0.4, -0.2) is 27.4 Å². The summed E-state index contributed by atoms with van der Waals surface area (Å²) in [5.74, 6) is -0.196. The predicted molar refractivity (Wildman–Crippen MR) is 78.7 cm³/mol. The van der Waals surface area contributed by atoms with Crippen molar-refractivity contribution in [1.29, 1.82) is 0 Å². The summed E-state index contributed by atoms with van der Waals surface area (Å²) in [4.78, 5) is 11.5. The van der Waals surface area contributed by atoms with Crippen LogP contribution in [0.1, 0.15) is 26.7 Å². The van der Waals surface area contributed by atoms with Crippen molar-refractivity contribution in [3.63, 3.8) is 0 Å². The van der Waals surface area contributed by atoms with Crippen molar-refractivity contribution in [3.05, 3.63) is 30.1 Å². The molecule has 1 rings (SSSR count). The van der Waals surface area contributed by atoms with Crippen LogP contribution in [0.4, 0.5) is 4.39 Å². The minimum absolute atomic E-state index is 0.00716. The van der Waals surface area contributed by atoms with E-state index < -0.39 is 15.8 Å². The molecule has 0 aliphatic carbocycles. The van der Waals surface area contributed by atoms with Gasteiger partial charge in [0.2, 0.25) is 15.9 Å². The van der Waals surface area contributed by atoms with Gasteiger partial charge in [0.1, 0.15) is 5.82 Å². The van der Waals surface area contributed by atoms with E-state index in [1.54, 1.807) is 0 Å². The molecule has 1 aromatic rings. The Bertz CT molecular complexity index is 556. The van der Waals surface area contributed by atoms with E-state index in [9.17, 15) is 17.6 Å². The summed E-state index contributed by atoms with van der Waals surface area (Å²) in [6, 6.07) is 4.52. The first-order valence-corrected chi connectivity index (χ1v) is 8.31. The molecule has 7 heteroatoms. The molecule has 0 aromatic heterocycles. The SMILES string of the molecule is CC(C)CCNC(=O)CCNS(=O)(=O)c1ccc(F)cc1. The van der Waals surface area contributed by atoms with Crippen LogP contribution in [0.25, 0.3) is 0 Å². The molecule has 0 aliphatic rings. The molecule has 0 saturated heterocycles. The highest BCUT2D eigenvalue weighted by molar-refractivity contribution is 7.89. The van der Waals surface area contributed by atoms with E-state index in [4.69, 9.17) is 0 Å². The second-order valence-corrected chi connectivity index (χ2v) is 6.90. The quantitative estimate of drug-likeness (QED) is 0.766. The molecular formula is C14H21FN2O3S. The summed E-state index contributed by atoms with van der Waals surface area (Å²) in [6.45, 7) is 4.71. The lowest BCUT2D eigenvalue weighted by molar-refractivity contribution is -0.120. The molecule has 0 unspecified atom stereocenters. The van der Waals surface area contributed by atoms with Gasteiger partial charge in [-0.15, -0.1) is 0 Å². The molecule has 21 heavy (non-hydrogen) atoms. The van der Waals surface area contributed by atoms with Crippen molar-refractivity contribution in [2.75, 3.05) is 13.1 Å². The molecule has 0 bridgehead atoms. The monoisotopic (exact) mass is 316 g/mol. The highest BCUT2D eigenvalue weighted by Gasteiger charge is 2.14. The molecule has 2 N–H and O–H groups in total. The van der Waals surface area contributed by atoms with Crippen molar-refractivity contribution in [1.82, 2.24) is 10.0 Å². The average molecular weight is 316 g/mol. The number of carbonyl (C=O) groups excluding carboxylic acids is 1. The maximum atomic E-state index is 12.7. The molecule has 1 amide bonds. The van der Waals surface area contributed by atoms with Gasteiger partial charge in [-0.2, -0.15) is 0 Å². The summed E-state index contributed by atoms with van der Waals surface area (Å²) in [5, 5.41) is 2.72. The zero-order valence-electron chi connectivity index (χ0n) is 12.2. The predicted octanol–water partition coefficient (Wildman–Crippen LogP) is 1.66. The Hall–Kier alpha value is -1.47. The fourth-order valence-corrected chi connectivity index (χ4v) is 2.62. The number of halogens is 1. The van der Waals surface area contributed by atoms with Crippen LogP contribution in [0, 0.1) is 11.7 Å². The molecule has 0 aliphatic heterocycles. The van der Waals surface area contributed by atoms with Crippen molar-refractivity contribution in [3.8, 4) is 0 Å². The van der Waals surface area contributed by atoms with Gasteiger partial charge < -0.3 is 5.32 Å². The number of sulfonamides is 1. The minimum atomic E-state index is -3.70. The van der Waals surface area contributed by atoms with E-state index in [-0.39, 0.29) is 23.8 Å². The first-order valence-electron chi connectivity index (χ1n) is 6.83. The summed E-state index contributed by atoms with van der Waals surface area (Å²) >= 11 is 0. The largest absolute Gasteiger partial charge is 0.356 e. The number of benzene rings is 1. The van der Waals surface area contributed by atoms with Crippen LogP contribution < -0.4 is 10.0 Å². The summed E-state index contributed by atoms with van der Waals surface area (Å²) in [7, 11) is -3.70. The molecule has 0 spiro atoms. The van der Waals surface area contributed by atoms with Gasteiger partial charge in [-0.05, 0) is 36.6 Å². The Labute approximate surface area is 125 Å². The van der Waals surface area contributed by atoms with Crippen molar-refractivity contribution < 1.29 is 17.6 Å². The summed E-state index contributed by atoms with van der Waals surface area (Å²) in [6.07, 6.45) is 0.950. The Morgan fingerprint density at radius 3 is 2.38 bits per heavy atom. The van der Waals surface area contributed by atoms with Gasteiger partial charge in [0.25, 0.3) is 0 Å². The van der Waals surface area contributed by atoms with Gasteiger partial charge in [-0.1, -0.05) is 13.8 Å². The van der Waals surface area contributed by atoms with Crippen molar-refractivity contribution >= 4 is 15.9 Å². The first kappa shape index (κ1) is 17.6. The zero-order valence-corrected chi connectivity index (χ0v) is 13.0. The van der Waals surface area contributed by atoms with E-state index in [0.717, 1.165) is 18.6 Å². The number of amides is 1. The van der Waals surface area contributed by atoms with Crippen LogP contribution in [0.2, 0.25) is 0 Å². The lowest BCUT2D eigenvalue weighted by Gasteiger charge is -2.08. The van der Waals surface area contributed by atoms with Gasteiger partial charge in [-0.3, -0.25) is 4.79 Å². The number of rotatable bonds is 8. The van der Waals surface area contributed by atoms with Crippen LogP contribution in [0.5, 0.6) is 0 Å². The van der Waals surface area contributed by atoms with Gasteiger partial charge in [-0.25, -0.2) is 17.5 Å². The molecule has 118 valence electrons. The molecule has 0 saturated carbocycles. The molecule has 5 nitrogen and oxygen atoms in total. The highest BCUT2D eigenvalue weighted by atomic mass is 32.2. The fraction of sp³-hybridized carbons (Fsp3) is 0.500. The zero-order chi connectivity index (χ0) is 15.9. The van der Waals surface area contributed by atoms with Gasteiger partial charge in [0.05, 0.1) is 4.90 Å². The molecule has 0 heterocycles. The van der Waals surface area contributed by atoms with E-state index in [2.05, 4.69) is 23.9 Å². The van der Waals surface area contributed by atoms with Crippen LogP contribution in [0.15, 0.2) is 29.2 Å². The van der Waals surface area contributed by atoms with Gasteiger partial charge in [0.15, 0.2) is 0 Å². The van der Waals surface area contributed by atoms with Crippen molar-refractivity contribution in [2.24, 2.45) is 5.92 Å². The number of hydrogen-bond donors (Lipinski definition) is 2. The second-order valence-electron chi connectivity index (χ2n) is 5.13. The van der Waals surface area contributed by atoms with Crippen LogP contribution in [-0.2, 0) is 14.8 Å². The molecular weight excluding hydrogens is 295 g/mol. The van der Waals surface area contributed by atoms with Crippen molar-refractivity contribution in [2.45, 2.75) is 31.6 Å². The minimum Gasteiger partial charge on any atom is -0.356 e. The number of nitrogens with one attached hydrogen (secondary N) is 2. The van der Waals surface area contributed by atoms with Crippen LogP contribution in [0.3, 0.4) is 0 Å². The number of hydrogen-bond acceptors (Lipinski definition) is 3. The third-order valence-corrected chi connectivity index (χ3v) is 4.29. The third kappa shape index (κ3) is 6.68. The maximum Gasteiger partial charge on any atom is 0.240 e. The lowest BCUT2D eigenvalue weighted by Crippen LogP contribution is -2.31. The van der Waals surface area contributed by atoms with Gasteiger partial charge >= 0.3 is 0 Å². The smallest absolute Gasteiger partial charge is 0.240 e. The topological polar surface area (TPSA) is 75.3 Å². The molecule has 1 aromatic carbocycles. The maximum absolute atomic E-state index is 12.7. The van der Waals surface area contributed by atoms with Gasteiger partial charge in [0, 0.05) is 19.5 Å². The Kier molecular flexibility index (Phi) is 6.77. The fourth-order valence-electron chi connectivity index (χ4n) is 1.58. The summed E-state index contributed by atoms with van der Waals surface area (Å²) < 4.78 is 38.8. The molecule has 0 radical (unpaired) electrons. The Morgan fingerprint density at radius 2 is 1.81 bits per heavy atom. The Morgan fingerprint density at radius 1 is 1.19 bits per heavy atom. The molecule has 0 fully saturated rings. The van der Waals surface area contributed by atoms with E-state index in [1.165, 1.54) is 12.1 Å².